The quantitative estimate of drug-likeness (QED) is 0.692. The molecular weight excluding hydrogens is 272 g/mol. The molecule has 6 nitrogen and oxygen atoms in total. The second kappa shape index (κ2) is 7.64. The Balaban J connectivity index is 1.84. The topological polar surface area (TPSA) is 87.7 Å². The number of carboxylic acids is 1. The molecule has 2 amide bonds. The Morgan fingerprint density at radius 1 is 1.14 bits per heavy atom. The van der Waals surface area contributed by atoms with Gasteiger partial charge in [-0.3, -0.25) is 0 Å². The first-order chi connectivity index (χ1) is 10.1. The minimum atomic E-state index is -1.09. The third kappa shape index (κ3) is 4.59. The Hall–Kier alpha value is -1.30. The minimum absolute atomic E-state index is 0.333. The second-order valence-electron chi connectivity index (χ2n) is 6.22. The fraction of sp³-hybridized carbons (Fsp3) is 0.867. The molecule has 0 radical (unpaired) electrons. The highest BCUT2D eigenvalue weighted by Crippen LogP contribution is 2.27. The van der Waals surface area contributed by atoms with Gasteiger partial charge in [-0.2, -0.15) is 0 Å². The van der Waals surface area contributed by atoms with Crippen LogP contribution in [0.1, 0.15) is 51.4 Å². The molecule has 1 atom stereocenters. The number of ether oxygens (including phenoxy) is 1. The smallest absolute Gasteiger partial charge is 0.329 e. The van der Waals surface area contributed by atoms with Gasteiger partial charge in [-0.05, 0) is 31.6 Å². The first-order valence-electron chi connectivity index (χ1n) is 7.99. The Kier molecular flexibility index (Phi) is 5.85. The van der Waals surface area contributed by atoms with Crippen LogP contribution < -0.4 is 10.6 Å². The van der Waals surface area contributed by atoms with Crippen molar-refractivity contribution >= 4 is 12.0 Å². The molecule has 1 aliphatic carbocycles. The fourth-order valence-corrected chi connectivity index (χ4v) is 3.19. The summed E-state index contributed by atoms with van der Waals surface area (Å²) in [5, 5.41) is 15.0. The van der Waals surface area contributed by atoms with E-state index in [9.17, 15) is 14.7 Å². The summed E-state index contributed by atoms with van der Waals surface area (Å²) in [4.78, 5) is 23.7. The van der Waals surface area contributed by atoms with Crippen LogP contribution in [0.2, 0.25) is 0 Å². The summed E-state index contributed by atoms with van der Waals surface area (Å²) in [5.41, 5.74) is -1.09. The molecule has 2 aliphatic rings. The Bertz CT molecular complexity index is 359. The van der Waals surface area contributed by atoms with Gasteiger partial charge in [0.2, 0.25) is 0 Å². The normalized spacial score (nSPS) is 25.6. The number of hydrogen-bond acceptors (Lipinski definition) is 3. The largest absolute Gasteiger partial charge is 0.480 e. The molecule has 2 fully saturated rings. The number of carboxylic acid groups (broad SMARTS) is 1. The molecule has 0 aromatic carbocycles. The minimum Gasteiger partial charge on any atom is -0.480 e. The van der Waals surface area contributed by atoms with Crippen molar-refractivity contribution < 1.29 is 19.4 Å². The first-order valence-corrected chi connectivity index (χ1v) is 7.99. The Morgan fingerprint density at radius 3 is 2.43 bits per heavy atom. The van der Waals surface area contributed by atoms with Crippen LogP contribution in [0.5, 0.6) is 0 Å². The van der Waals surface area contributed by atoms with Crippen molar-refractivity contribution in [2.45, 2.75) is 56.9 Å². The third-order valence-electron chi connectivity index (χ3n) is 4.53. The van der Waals surface area contributed by atoms with E-state index < -0.39 is 11.5 Å². The van der Waals surface area contributed by atoms with E-state index in [1.54, 1.807) is 0 Å². The van der Waals surface area contributed by atoms with Crippen LogP contribution in [0.25, 0.3) is 0 Å². The summed E-state index contributed by atoms with van der Waals surface area (Å²) in [6.45, 7) is 2.01. The maximum atomic E-state index is 12.0. The SMILES string of the molecule is O=C(NCC1CCCOC1)NC1(C(=O)O)CCCCCC1. The molecule has 0 aromatic heterocycles. The zero-order valence-electron chi connectivity index (χ0n) is 12.5. The molecule has 6 heteroatoms. The van der Waals surface area contributed by atoms with Gasteiger partial charge in [-0.1, -0.05) is 25.7 Å². The molecule has 0 aromatic rings. The second-order valence-corrected chi connectivity index (χ2v) is 6.22. The van der Waals surface area contributed by atoms with Gasteiger partial charge in [0, 0.05) is 13.2 Å². The van der Waals surface area contributed by atoms with Crippen LogP contribution in [0.3, 0.4) is 0 Å². The van der Waals surface area contributed by atoms with Crippen molar-refractivity contribution in [3.05, 3.63) is 0 Å². The predicted molar refractivity (Wildman–Crippen MR) is 78.1 cm³/mol. The molecule has 2 rings (SSSR count). The van der Waals surface area contributed by atoms with Gasteiger partial charge in [0.15, 0.2) is 0 Å². The molecular formula is C15H26N2O4. The highest BCUT2D eigenvalue weighted by atomic mass is 16.5. The van der Waals surface area contributed by atoms with Crippen LogP contribution >= 0.6 is 0 Å². The summed E-state index contributed by atoms with van der Waals surface area (Å²) in [6, 6.07) is -0.370. The number of urea groups is 1. The number of hydrogen-bond donors (Lipinski definition) is 3. The summed E-state index contributed by atoms with van der Waals surface area (Å²) >= 11 is 0. The lowest BCUT2D eigenvalue weighted by Gasteiger charge is -2.30. The monoisotopic (exact) mass is 298 g/mol. The summed E-state index contributed by atoms with van der Waals surface area (Å²) in [5.74, 6) is -0.583. The predicted octanol–water partition coefficient (Wildman–Crippen LogP) is 1.89. The Labute approximate surface area is 125 Å². The molecule has 1 unspecified atom stereocenters. The number of nitrogens with one attached hydrogen (secondary N) is 2. The van der Waals surface area contributed by atoms with E-state index in [0.717, 1.165) is 45.1 Å². The van der Waals surface area contributed by atoms with E-state index in [4.69, 9.17) is 4.74 Å². The Morgan fingerprint density at radius 2 is 1.86 bits per heavy atom. The molecule has 0 bridgehead atoms. The lowest BCUT2D eigenvalue weighted by Crippen LogP contribution is -2.57. The van der Waals surface area contributed by atoms with Crippen molar-refractivity contribution in [2.24, 2.45) is 5.92 Å². The number of amides is 2. The van der Waals surface area contributed by atoms with Crippen LogP contribution in [-0.2, 0) is 9.53 Å². The standard InChI is InChI=1S/C15H26N2O4/c18-13(19)15(7-3-1-2-4-8-15)17-14(20)16-10-12-6-5-9-21-11-12/h12H,1-11H2,(H,18,19)(H2,16,17,20). The van der Waals surface area contributed by atoms with Crippen molar-refractivity contribution in [1.82, 2.24) is 10.6 Å². The third-order valence-corrected chi connectivity index (χ3v) is 4.53. The molecule has 1 heterocycles. The van der Waals surface area contributed by atoms with Gasteiger partial charge in [0.25, 0.3) is 0 Å². The van der Waals surface area contributed by atoms with Crippen LogP contribution in [0.15, 0.2) is 0 Å². The van der Waals surface area contributed by atoms with Gasteiger partial charge in [0.1, 0.15) is 5.54 Å². The van der Waals surface area contributed by atoms with Crippen molar-refractivity contribution in [3.63, 3.8) is 0 Å². The van der Waals surface area contributed by atoms with Gasteiger partial charge in [-0.25, -0.2) is 9.59 Å². The summed E-state index contributed by atoms with van der Waals surface area (Å²) in [7, 11) is 0. The molecule has 120 valence electrons. The van der Waals surface area contributed by atoms with Gasteiger partial charge in [0.05, 0.1) is 6.61 Å². The molecule has 21 heavy (non-hydrogen) atoms. The number of carbonyl (C=O) groups is 2. The van der Waals surface area contributed by atoms with E-state index in [-0.39, 0.29) is 6.03 Å². The van der Waals surface area contributed by atoms with Gasteiger partial charge < -0.3 is 20.5 Å². The maximum absolute atomic E-state index is 12.0. The zero-order chi connectivity index (χ0) is 15.1. The average molecular weight is 298 g/mol. The molecule has 1 aliphatic heterocycles. The average Bonchev–Trinajstić information content (AvgIpc) is 2.73. The number of carbonyl (C=O) groups excluding carboxylic acids is 1. The van der Waals surface area contributed by atoms with E-state index in [0.29, 0.717) is 31.9 Å². The first kappa shape index (κ1) is 16.1. The molecule has 3 N–H and O–H groups in total. The van der Waals surface area contributed by atoms with Gasteiger partial charge in [-0.15, -0.1) is 0 Å². The van der Waals surface area contributed by atoms with Crippen LogP contribution in [-0.4, -0.2) is 42.4 Å². The highest BCUT2D eigenvalue weighted by Gasteiger charge is 2.40. The lowest BCUT2D eigenvalue weighted by atomic mass is 9.90. The van der Waals surface area contributed by atoms with E-state index in [1.807, 2.05) is 0 Å². The number of rotatable bonds is 4. The maximum Gasteiger partial charge on any atom is 0.329 e. The van der Waals surface area contributed by atoms with Crippen LogP contribution in [0.4, 0.5) is 4.79 Å². The summed E-state index contributed by atoms with van der Waals surface area (Å²) in [6.07, 6.45) is 6.88. The van der Waals surface area contributed by atoms with Gasteiger partial charge >= 0.3 is 12.0 Å². The molecule has 1 saturated carbocycles. The molecule has 1 saturated heterocycles. The van der Waals surface area contributed by atoms with Crippen molar-refractivity contribution in [2.75, 3.05) is 19.8 Å². The van der Waals surface area contributed by atoms with E-state index in [1.165, 1.54) is 0 Å². The van der Waals surface area contributed by atoms with Crippen LogP contribution in [0, 0.1) is 5.92 Å². The number of aliphatic carboxylic acids is 1. The zero-order valence-corrected chi connectivity index (χ0v) is 12.5. The van der Waals surface area contributed by atoms with E-state index >= 15 is 0 Å². The lowest BCUT2D eigenvalue weighted by molar-refractivity contribution is -0.145. The fourth-order valence-electron chi connectivity index (χ4n) is 3.19. The summed E-state index contributed by atoms with van der Waals surface area (Å²) < 4.78 is 5.37. The van der Waals surface area contributed by atoms with E-state index in [2.05, 4.69) is 10.6 Å². The van der Waals surface area contributed by atoms with Crippen molar-refractivity contribution in [1.29, 1.82) is 0 Å². The van der Waals surface area contributed by atoms with Crippen molar-refractivity contribution in [3.8, 4) is 0 Å². The highest BCUT2D eigenvalue weighted by molar-refractivity contribution is 5.86. The molecule has 0 spiro atoms.